The minimum Gasteiger partial charge on any atom is -0.480 e. The predicted molar refractivity (Wildman–Crippen MR) is 73.1 cm³/mol. The number of carboxylic acid groups (broad SMARTS) is 1. The third-order valence-electron chi connectivity index (χ3n) is 3.13. The first kappa shape index (κ1) is 17.7. The molecule has 2 atom stereocenters. The van der Waals surface area contributed by atoms with Crippen molar-refractivity contribution < 1.29 is 19.4 Å². The Labute approximate surface area is 115 Å². The molecule has 0 spiro atoms. The molecular weight excluding hydrogens is 248 g/mol. The van der Waals surface area contributed by atoms with Gasteiger partial charge in [-0.25, -0.2) is 9.59 Å². The quantitative estimate of drug-likeness (QED) is 0.704. The van der Waals surface area contributed by atoms with Gasteiger partial charge in [0.1, 0.15) is 6.04 Å². The van der Waals surface area contributed by atoms with Crippen molar-refractivity contribution >= 4 is 12.0 Å². The van der Waals surface area contributed by atoms with Crippen molar-refractivity contribution in [3.63, 3.8) is 0 Å². The Kier molecular flexibility index (Phi) is 8.14. The summed E-state index contributed by atoms with van der Waals surface area (Å²) in [5, 5.41) is 11.7. The molecule has 6 heteroatoms. The lowest BCUT2D eigenvalue weighted by atomic mass is 10.1. The highest BCUT2D eigenvalue weighted by Crippen LogP contribution is 2.07. The standard InChI is InChI=1S/C13H26N2O4/c1-6-10(4)15(7-8-19-5)13(18)14-11(9(2)3)12(16)17/h9-11H,6-8H2,1-5H3,(H,14,18)(H,16,17). The fourth-order valence-electron chi connectivity index (χ4n) is 1.66. The third kappa shape index (κ3) is 5.92. The summed E-state index contributed by atoms with van der Waals surface area (Å²) >= 11 is 0. The van der Waals surface area contributed by atoms with Gasteiger partial charge >= 0.3 is 12.0 Å². The maximum Gasteiger partial charge on any atom is 0.326 e. The van der Waals surface area contributed by atoms with E-state index < -0.39 is 12.0 Å². The Balaban J connectivity index is 4.74. The molecule has 0 radical (unpaired) electrons. The molecule has 0 bridgehead atoms. The number of amides is 2. The smallest absolute Gasteiger partial charge is 0.326 e. The number of methoxy groups -OCH3 is 1. The maximum absolute atomic E-state index is 12.2. The molecule has 2 N–H and O–H groups in total. The number of hydrogen-bond donors (Lipinski definition) is 2. The Hall–Kier alpha value is -1.30. The third-order valence-corrected chi connectivity index (χ3v) is 3.13. The van der Waals surface area contributed by atoms with E-state index in [0.29, 0.717) is 13.2 Å². The lowest BCUT2D eigenvalue weighted by molar-refractivity contribution is -0.140. The van der Waals surface area contributed by atoms with Gasteiger partial charge in [-0.1, -0.05) is 20.8 Å². The fourth-order valence-corrected chi connectivity index (χ4v) is 1.66. The van der Waals surface area contributed by atoms with Crippen LogP contribution in [-0.4, -0.2) is 54.4 Å². The summed E-state index contributed by atoms with van der Waals surface area (Å²) in [5.74, 6) is -1.18. The normalized spacial score (nSPS) is 14.0. The number of nitrogens with one attached hydrogen (secondary N) is 1. The van der Waals surface area contributed by atoms with Crippen molar-refractivity contribution in [3.05, 3.63) is 0 Å². The summed E-state index contributed by atoms with van der Waals surface area (Å²) in [5.41, 5.74) is 0. The maximum atomic E-state index is 12.2. The molecule has 0 aliphatic rings. The van der Waals surface area contributed by atoms with E-state index in [0.717, 1.165) is 6.42 Å². The second-order valence-corrected chi connectivity index (χ2v) is 4.95. The highest BCUT2D eigenvalue weighted by atomic mass is 16.5. The molecule has 0 heterocycles. The van der Waals surface area contributed by atoms with Crippen LogP contribution in [0, 0.1) is 5.92 Å². The van der Waals surface area contributed by atoms with Gasteiger partial charge in [0.2, 0.25) is 0 Å². The number of ether oxygens (including phenoxy) is 1. The molecule has 0 aliphatic heterocycles. The molecule has 0 aromatic rings. The summed E-state index contributed by atoms with van der Waals surface area (Å²) < 4.78 is 4.98. The van der Waals surface area contributed by atoms with Crippen molar-refractivity contribution in [1.82, 2.24) is 10.2 Å². The Morgan fingerprint density at radius 2 is 1.89 bits per heavy atom. The number of hydrogen-bond acceptors (Lipinski definition) is 3. The Bertz CT molecular complexity index is 294. The van der Waals surface area contributed by atoms with Crippen LogP contribution in [0.5, 0.6) is 0 Å². The van der Waals surface area contributed by atoms with E-state index in [1.54, 1.807) is 25.9 Å². The SMILES string of the molecule is CCC(C)N(CCOC)C(=O)NC(C(=O)O)C(C)C. The first-order valence-corrected chi connectivity index (χ1v) is 6.63. The van der Waals surface area contributed by atoms with Crippen LogP contribution in [0.2, 0.25) is 0 Å². The predicted octanol–water partition coefficient (Wildman–Crippen LogP) is 1.55. The second kappa shape index (κ2) is 8.74. The minimum absolute atomic E-state index is 0.0387. The van der Waals surface area contributed by atoms with Crippen molar-refractivity contribution in [2.75, 3.05) is 20.3 Å². The lowest BCUT2D eigenvalue weighted by Crippen LogP contribution is -2.53. The molecule has 0 aromatic carbocycles. The van der Waals surface area contributed by atoms with Gasteiger partial charge < -0.3 is 20.1 Å². The highest BCUT2D eigenvalue weighted by molar-refractivity contribution is 5.82. The molecule has 112 valence electrons. The van der Waals surface area contributed by atoms with E-state index in [-0.39, 0.29) is 18.0 Å². The highest BCUT2D eigenvalue weighted by Gasteiger charge is 2.27. The molecule has 2 unspecified atom stereocenters. The average Bonchev–Trinajstić information content (AvgIpc) is 2.35. The molecular formula is C13H26N2O4. The van der Waals surface area contributed by atoms with Gasteiger partial charge in [0.15, 0.2) is 0 Å². The van der Waals surface area contributed by atoms with Crippen molar-refractivity contribution in [2.45, 2.75) is 46.2 Å². The summed E-state index contributed by atoms with van der Waals surface area (Å²) in [7, 11) is 1.57. The van der Waals surface area contributed by atoms with Gasteiger partial charge in [0.25, 0.3) is 0 Å². The number of carbonyl (C=O) groups is 2. The van der Waals surface area contributed by atoms with Gasteiger partial charge in [-0.15, -0.1) is 0 Å². The van der Waals surface area contributed by atoms with Gasteiger partial charge in [-0.05, 0) is 19.3 Å². The van der Waals surface area contributed by atoms with Gasteiger partial charge in [0.05, 0.1) is 6.61 Å². The van der Waals surface area contributed by atoms with Crippen molar-refractivity contribution in [2.24, 2.45) is 5.92 Å². The van der Waals surface area contributed by atoms with Crippen LogP contribution in [0.25, 0.3) is 0 Å². The van der Waals surface area contributed by atoms with Crippen LogP contribution in [0.15, 0.2) is 0 Å². The van der Waals surface area contributed by atoms with E-state index in [1.165, 1.54) is 0 Å². The molecule has 0 rings (SSSR count). The molecule has 19 heavy (non-hydrogen) atoms. The summed E-state index contributed by atoms with van der Waals surface area (Å²) in [4.78, 5) is 24.9. The van der Waals surface area contributed by atoms with Crippen LogP contribution < -0.4 is 5.32 Å². The number of aliphatic carboxylic acids is 1. The average molecular weight is 274 g/mol. The molecule has 0 fully saturated rings. The zero-order valence-electron chi connectivity index (χ0n) is 12.5. The first-order chi connectivity index (χ1) is 8.84. The van der Waals surface area contributed by atoms with E-state index in [4.69, 9.17) is 9.84 Å². The summed E-state index contributed by atoms with van der Waals surface area (Å²) in [6, 6.07) is -1.19. The Morgan fingerprint density at radius 3 is 2.26 bits per heavy atom. The van der Waals surface area contributed by atoms with E-state index >= 15 is 0 Å². The van der Waals surface area contributed by atoms with Crippen LogP contribution in [0.4, 0.5) is 4.79 Å². The molecule has 0 aromatic heterocycles. The summed E-state index contributed by atoms with van der Waals surface area (Å²) in [6.07, 6.45) is 0.802. The number of carbonyl (C=O) groups excluding carboxylic acids is 1. The largest absolute Gasteiger partial charge is 0.480 e. The summed E-state index contributed by atoms with van der Waals surface area (Å²) in [6.45, 7) is 8.32. The minimum atomic E-state index is -1.01. The van der Waals surface area contributed by atoms with E-state index in [9.17, 15) is 9.59 Å². The number of carboxylic acids is 1. The van der Waals surface area contributed by atoms with E-state index in [2.05, 4.69) is 5.32 Å². The van der Waals surface area contributed by atoms with Crippen LogP contribution in [0.3, 0.4) is 0 Å². The van der Waals surface area contributed by atoms with Crippen LogP contribution in [0.1, 0.15) is 34.1 Å². The van der Waals surface area contributed by atoms with Gasteiger partial charge in [-0.3, -0.25) is 0 Å². The first-order valence-electron chi connectivity index (χ1n) is 6.63. The van der Waals surface area contributed by atoms with Crippen molar-refractivity contribution in [3.8, 4) is 0 Å². The molecule has 6 nitrogen and oxygen atoms in total. The van der Waals surface area contributed by atoms with Crippen LogP contribution >= 0.6 is 0 Å². The zero-order chi connectivity index (χ0) is 15.0. The zero-order valence-corrected chi connectivity index (χ0v) is 12.5. The van der Waals surface area contributed by atoms with Gasteiger partial charge in [-0.2, -0.15) is 0 Å². The van der Waals surface area contributed by atoms with Crippen LogP contribution in [-0.2, 0) is 9.53 Å². The molecule has 0 saturated carbocycles. The second-order valence-electron chi connectivity index (χ2n) is 4.95. The number of nitrogens with zero attached hydrogens (tertiary/aromatic N) is 1. The van der Waals surface area contributed by atoms with Gasteiger partial charge in [0, 0.05) is 19.7 Å². The Morgan fingerprint density at radius 1 is 1.32 bits per heavy atom. The lowest BCUT2D eigenvalue weighted by Gasteiger charge is -2.30. The molecule has 0 aliphatic carbocycles. The molecule has 0 saturated heterocycles. The topological polar surface area (TPSA) is 78.9 Å². The number of rotatable bonds is 8. The van der Waals surface area contributed by atoms with Crippen molar-refractivity contribution in [1.29, 1.82) is 0 Å². The fraction of sp³-hybridized carbons (Fsp3) is 0.846. The number of urea groups is 1. The van der Waals surface area contributed by atoms with E-state index in [1.807, 2.05) is 13.8 Å². The molecule has 2 amide bonds. The monoisotopic (exact) mass is 274 g/mol.